The van der Waals surface area contributed by atoms with Crippen LogP contribution in [0.5, 0.6) is 0 Å². The van der Waals surface area contributed by atoms with Gasteiger partial charge in [-0.05, 0) is 106 Å². The third-order valence-electron chi connectivity index (χ3n) is 9.04. The molecule has 172 valence electrons. The molecule has 4 rings (SSSR count). The molecule has 4 heteroatoms. The highest BCUT2D eigenvalue weighted by Gasteiger charge is 2.37. The molecule has 0 aromatic rings. The molecule has 4 aliphatic rings. The van der Waals surface area contributed by atoms with Gasteiger partial charge in [-0.15, -0.1) is 0 Å². The number of hydrogen-bond donors (Lipinski definition) is 0. The molecule has 0 radical (unpaired) electrons. The lowest BCUT2D eigenvalue weighted by atomic mass is 9.67. The van der Waals surface area contributed by atoms with Crippen molar-refractivity contribution in [1.82, 2.24) is 0 Å². The van der Waals surface area contributed by atoms with E-state index in [0.717, 1.165) is 68.6 Å². The van der Waals surface area contributed by atoms with Crippen LogP contribution in [-0.2, 0) is 9.47 Å². The number of rotatable bonds is 5. The Kier molecular flexibility index (Phi) is 8.25. The van der Waals surface area contributed by atoms with Crippen LogP contribution in [0.15, 0.2) is 12.2 Å². The van der Waals surface area contributed by atoms with Crippen LogP contribution in [0.1, 0.15) is 90.4 Å². The van der Waals surface area contributed by atoms with Crippen molar-refractivity contribution in [3.63, 3.8) is 0 Å². The molecule has 0 amide bonds. The maximum atomic E-state index is 12.3. The zero-order valence-corrected chi connectivity index (χ0v) is 18.9. The second-order valence-electron chi connectivity index (χ2n) is 11.0. The molecule has 1 aliphatic heterocycles. The van der Waals surface area contributed by atoms with Gasteiger partial charge in [-0.25, -0.2) is 0 Å². The van der Waals surface area contributed by atoms with Gasteiger partial charge in [0.25, 0.3) is 6.08 Å². The zero-order chi connectivity index (χ0) is 20.9. The van der Waals surface area contributed by atoms with Crippen molar-refractivity contribution in [2.75, 3.05) is 13.2 Å². The van der Waals surface area contributed by atoms with Gasteiger partial charge in [0.15, 0.2) is 6.29 Å². The second kappa shape index (κ2) is 10.9. The highest BCUT2D eigenvalue weighted by atomic mass is 19.3. The Balaban J connectivity index is 1.14. The van der Waals surface area contributed by atoms with Gasteiger partial charge in [0.2, 0.25) is 0 Å². The van der Waals surface area contributed by atoms with Crippen molar-refractivity contribution < 1.29 is 18.3 Å². The Hall–Kier alpha value is -0.480. The first-order valence-corrected chi connectivity index (χ1v) is 12.8. The van der Waals surface area contributed by atoms with Gasteiger partial charge in [-0.3, -0.25) is 0 Å². The molecular weight excluding hydrogens is 382 g/mol. The fourth-order valence-corrected chi connectivity index (χ4v) is 6.87. The van der Waals surface area contributed by atoms with Gasteiger partial charge in [0.1, 0.15) is 0 Å². The largest absolute Gasteiger partial charge is 0.352 e. The number of halogens is 2. The van der Waals surface area contributed by atoms with Gasteiger partial charge in [-0.1, -0.05) is 19.8 Å². The number of ether oxygens (including phenoxy) is 2. The number of allylic oxidation sites excluding steroid dienone is 1. The number of hydrogen-bond acceptors (Lipinski definition) is 2. The summed E-state index contributed by atoms with van der Waals surface area (Å²) in [6, 6.07) is 0. The summed E-state index contributed by atoms with van der Waals surface area (Å²) in [5.41, 5.74) is 0. The molecule has 0 aromatic heterocycles. The Labute approximate surface area is 182 Å². The summed E-state index contributed by atoms with van der Waals surface area (Å²) in [7, 11) is 0. The lowest BCUT2D eigenvalue weighted by molar-refractivity contribution is -0.237. The molecule has 4 fully saturated rings. The first kappa shape index (κ1) is 22.7. The summed E-state index contributed by atoms with van der Waals surface area (Å²) < 4.78 is 37.0. The van der Waals surface area contributed by atoms with Crippen molar-refractivity contribution in [2.45, 2.75) is 96.7 Å². The average molecular weight is 425 g/mol. The molecule has 0 atom stereocenters. The third kappa shape index (κ3) is 6.06. The second-order valence-corrected chi connectivity index (χ2v) is 11.0. The van der Waals surface area contributed by atoms with Gasteiger partial charge < -0.3 is 9.47 Å². The highest BCUT2D eigenvalue weighted by molar-refractivity contribution is 4.87. The fraction of sp³-hybridized carbons (Fsp3) is 0.923. The van der Waals surface area contributed by atoms with E-state index in [9.17, 15) is 8.78 Å². The minimum Gasteiger partial charge on any atom is -0.352 e. The van der Waals surface area contributed by atoms with Crippen LogP contribution in [0.2, 0.25) is 0 Å². The minimum absolute atomic E-state index is 0.0591. The summed E-state index contributed by atoms with van der Waals surface area (Å²) in [4.78, 5) is 0. The maximum Gasteiger partial charge on any atom is 0.266 e. The first-order chi connectivity index (χ1) is 14.6. The standard InChI is InChI=1S/C26H42F2O2/c1-18-2-7-20(8-3-18)21-11-13-22(14-12-21)24-16-29-26(30-17-24)23-9-4-19(5-10-23)6-15-25(27)28/h15,18-24,26H,2-14,16-17H2,1H3. The summed E-state index contributed by atoms with van der Waals surface area (Å²) >= 11 is 0. The molecule has 0 spiro atoms. The van der Waals surface area contributed by atoms with E-state index in [2.05, 4.69) is 6.92 Å². The Morgan fingerprint density at radius 3 is 1.67 bits per heavy atom. The lowest BCUT2D eigenvalue weighted by Gasteiger charge is -2.42. The smallest absolute Gasteiger partial charge is 0.266 e. The highest BCUT2D eigenvalue weighted by Crippen LogP contribution is 2.44. The van der Waals surface area contributed by atoms with Gasteiger partial charge in [0.05, 0.1) is 13.2 Å². The molecule has 0 unspecified atom stereocenters. The molecule has 0 bridgehead atoms. The average Bonchev–Trinajstić information content (AvgIpc) is 2.79. The van der Waals surface area contributed by atoms with Crippen molar-refractivity contribution >= 4 is 0 Å². The van der Waals surface area contributed by atoms with Crippen LogP contribution in [0.3, 0.4) is 0 Å². The van der Waals surface area contributed by atoms with Crippen molar-refractivity contribution in [3.8, 4) is 0 Å². The molecule has 1 saturated heterocycles. The molecule has 0 aromatic carbocycles. The van der Waals surface area contributed by atoms with Gasteiger partial charge >= 0.3 is 0 Å². The van der Waals surface area contributed by atoms with E-state index >= 15 is 0 Å². The van der Waals surface area contributed by atoms with Crippen molar-refractivity contribution in [3.05, 3.63) is 12.2 Å². The van der Waals surface area contributed by atoms with Crippen LogP contribution in [0, 0.1) is 41.4 Å². The van der Waals surface area contributed by atoms with Crippen LogP contribution < -0.4 is 0 Å². The van der Waals surface area contributed by atoms with E-state index < -0.39 is 6.08 Å². The van der Waals surface area contributed by atoms with E-state index in [4.69, 9.17) is 9.47 Å². The summed E-state index contributed by atoms with van der Waals surface area (Å²) in [6.07, 6.45) is 15.5. The third-order valence-corrected chi connectivity index (χ3v) is 9.04. The quantitative estimate of drug-likeness (QED) is 0.453. The molecule has 2 nitrogen and oxygen atoms in total. The Bertz CT molecular complexity index is 529. The molecule has 1 heterocycles. The summed E-state index contributed by atoms with van der Waals surface area (Å²) in [6.45, 7) is 4.13. The zero-order valence-electron chi connectivity index (χ0n) is 18.9. The topological polar surface area (TPSA) is 18.5 Å². The predicted octanol–water partition coefficient (Wildman–Crippen LogP) is 7.59. The van der Waals surface area contributed by atoms with E-state index in [1.807, 2.05) is 0 Å². The van der Waals surface area contributed by atoms with E-state index in [1.165, 1.54) is 51.4 Å². The van der Waals surface area contributed by atoms with Crippen LogP contribution >= 0.6 is 0 Å². The summed E-state index contributed by atoms with van der Waals surface area (Å²) in [5.74, 6) is 5.13. The predicted molar refractivity (Wildman–Crippen MR) is 116 cm³/mol. The molecular formula is C26H42F2O2. The summed E-state index contributed by atoms with van der Waals surface area (Å²) in [5, 5.41) is 0. The van der Waals surface area contributed by atoms with Crippen LogP contribution in [0.4, 0.5) is 8.78 Å². The van der Waals surface area contributed by atoms with E-state index in [1.54, 1.807) is 0 Å². The van der Waals surface area contributed by atoms with E-state index in [-0.39, 0.29) is 6.29 Å². The van der Waals surface area contributed by atoms with Gasteiger partial charge in [-0.2, -0.15) is 8.78 Å². The Morgan fingerprint density at radius 1 is 0.667 bits per heavy atom. The van der Waals surface area contributed by atoms with Gasteiger partial charge in [0, 0.05) is 11.8 Å². The van der Waals surface area contributed by atoms with Crippen molar-refractivity contribution in [1.29, 1.82) is 0 Å². The lowest BCUT2D eigenvalue weighted by Crippen LogP contribution is -2.41. The minimum atomic E-state index is -1.54. The maximum absolute atomic E-state index is 12.3. The fourth-order valence-electron chi connectivity index (χ4n) is 6.87. The molecule has 3 aliphatic carbocycles. The molecule has 0 N–H and O–H groups in total. The monoisotopic (exact) mass is 424 g/mol. The first-order valence-electron chi connectivity index (χ1n) is 12.8. The molecule has 30 heavy (non-hydrogen) atoms. The normalized spacial score (nSPS) is 43.2. The van der Waals surface area contributed by atoms with Crippen molar-refractivity contribution in [2.24, 2.45) is 41.4 Å². The Morgan fingerprint density at radius 2 is 1.13 bits per heavy atom. The van der Waals surface area contributed by atoms with Crippen LogP contribution in [0.25, 0.3) is 0 Å². The van der Waals surface area contributed by atoms with Crippen LogP contribution in [-0.4, -0.2) is 19.5 Å². The SMILES string of the molecule is CC1CCC(C2CCC(C3COC(C4CCC(CC=C(F)F)CC4)OC3)CC2)CC1. The van der Waals surface area contributed by atoms with E-state index in [0.29, 0.717) is 24.2 Å². The molecule has 3 saturated carbocycles.